The molecule has 0 saturated heterocycles. The highest BCUT2D eigenvalue weighted by molar-refractivity contribution is 5.85. The van der Waals surface area contributed by atoms with Gasteiger partial charge in [0.1, 0.15) is 0 Å². The van der Waals surface area contributed by atoms with Crippen molar-refractivity contribution in [3.05, 3.63) is 27.8 Å². The smallest absolute Gasteiger partial charge is 0.278 e. The quantitative estimate of drug-likeness (QED) is 0.659. The van der Waals surface area contributed by atoms with E-state index in [0.29, 0.717) is 23.5 Å². The third-order valence-electron chi connectivity index (χ3n) is 2.57. The molecule has 1 aromatic carbocycles. The van der Waals surface area contributed by atoms with Crippen LogP contribution in [0.2, 0.25) is 0 Å². The van der Waals surface area contributed by atoms with Gasteiger partial charge in [-0.25, -0.2) is 0 Å². The van der Waals surface area contributed by atoms with Gasteiger partial charge >= 0.3 is 0 Å². The van der Waals surface area contributed by atoms with Crippen molar-refractivity contribution in [2.75, 3.05) is 14.2 Å². The van der Waals surface area contributed by atoms with Crippen molar-refractivity contribution in [3.63, 3.8) is 0 Å². The average Bonchev–Trinajstić information content (AvgIpc) is 2.35. The van der Waals surface area contributed by atoms with Crippen LogP contribution in [0, 0.1) is 10.1 Å². The minimum absolute atomic E-state index is 0. The molecular weight excluding hydrogens is 260 g/mol. The van der Waals surface area contributed by atoms with Crippen molar-refractivity contribution in [2.45, 2.75) is 19.4 Å². The Morgan fingerprint density at radius 2 is 1.83 bits per heavy atom. The summed E-state index contributed by atoms with van der Waals surface area (Å²) in [7, 11) is 2.91. The lowest BCUT2D eigenvalue weighted by molar-refractivity contribution is -0.385. The maximum atomic E-state index is 11.0. The molecule has 0 spiro atoms. The number of hydrogen-bond acceptors (Lipinski definition) is 5. The Morgan fingerprint density at radius 3 is 2.22 bits per heavy atom. The zero-order chi connectivity index (χ0) is 13.0. The van der Waals surface area contributed by atoms with Crippen LogP contribution in [0.15, 0.2) is 12.1 Å². The number of nitro groups is 1. The molecule has 0 aliphatic carbocycles. The summed E-state index contributed by atoms with van der Waals surface area (Å²) in [6, 6.07) is 2.50. The number of nitro benzene ring substituents is 1. The largest absolute Gasteiger partial charge is 0.493 e. The number of nitrogens with zero attached hydrogens (tertiary/aromatic N) is 1. The molecule has 0 fully saturated rings. The number of rotatable bonds is 5. The van der Waals surface area contributed by atoms with Gasteiger partial charge in [0.25, 0.3) is 5.69 Å². The van der Waals surface area contributed by atoms with Crippen LogP contribution in [0.25, 0.3) is 0 Å². The summed E-state index contributed by atoms with van der Waals surface area (Å²) >= 11 is 0. The van der Waals surface area contributed by atoms with Crippen LogP contribution in [0.5, 0.6) is 11.5 Å². The van der Waals surface area contributed by atoms with E-state index in [2.05, 4.69) is 0 Å². The van der Waals surface area contributed by atoms with E-state index in [4.69, 9.17) is 15.2 Å². The predicted molar refractivity (Wildman–Crippen MR) is 70.7 cm³/mol. The van der Waals surface area contributed by atoms with Crippen LogP contribution in [0.4, 0.5) is 5.69 Å². The molecule has 7 heteroatoms. The van der Waals surface area contributed by atoms with Crippen LogP contribution in [-0.2, 0) is 0 Å². The van der Waals surface area contributed by atoms with E-state index in [1.807, 2.05) is 6.92 Å². The maximum Gasteiger partial charge on any atom is 0.278 e. The molecule has 0 amide bonds. The van der Waals surface area contributed by atoms with E-state index in [1.54, 1.807) is 6.07 Å². The fraction of sp³-hybridized carbons (Fsp3) is 0.455. The van der Waals surface area contributed by atoms with Crippen LogP contribution >= 0.6 is 12.4 Å². The third kappa shape index (κ3) is 3.24. The SMILES string of the molecule is CC[C@@H](N)c1cc(OC)c(OC)cc1[N+](=O)[O-].Cl. The van der Waals surface area contributed by atoms with E-state index in [1.165, 1.54) is 20.3 Å². The second-order valence-electron chi connectivity index (χ2n) is 3.54. The molecule has 1 aromatic rings. The first kappa shape index (κ1) is 16.5. The minimum atomic E-state index is -0.465. The van der Waals surface area contributed by atoms with Crippen molar-refractivity contribution in [1.82, 2.24) is 0 Å². The summed E-state index contributed by atoms with van der Waals surface area (Å²) in [5.41, 5.74) is 6.26. The molecule has 1 atom stereocenters. The highest BCUT2D eigenvalue weighted by atomic mass is 35.5. The summed E-state index contributed by atoms with van der Waals surface area (Å²) in [5, 5.41) is 11.0. The van der Waals surface area contributed by atoms with Gasteiger partial charge in [-0.3, -0.25) is 10.1 Å². The molecule has 102 valence electrons. The molecule has 0 radical (unpaired) electrons. The third-order valence-corrected chi connectivity index (χ3v) is 2.57. The minimum Gasteiger partial charge on any atom is -0.493 e. The molecule has 0 aliphatic heterocycles. The van der Waals surface area contributed by atoms with Crippen LogP contribution < -0.4 is 15.2 Å². The van der Waals surface area contributed by atoms with Gasteiger partial charge in [0, 0.05) is 6.04 Å². The summed E-state index contributed by atoms with van der Waals surface area (Å²) in [4.78, 5) is 10.5. The van der Waals surface area contributed by atoms with Gasteiger partial charge in [-0.05, 0) is 12.5 Å². The number of halogens is 1. The normalized spacial score (nSPS) is 11.3. The Kier molecular flexibility index (Phi) is 6.43. The average molecular weight is 277 g/mol. The molecule has 0 heterocycles. The number of ether oxygens (including phenoxy) is 2. The number of methoxy groups -OCH3 is 2. The summed E-state index contributed by atoms with van der Waals surface area (Å²) in [6.45, 7) is 1.87. The van der Waals surface area contributed by atoms with Crippen molar-refractivity contribution in [2.24, 2.45) is 5.73 Å². The molecule has 0 unspecified atom stereocenters. The lowest BCUT2D eigenvalue weighted by Crippen LogP contribution is -2.11. The van der Waals surface area contributed by atoms with Crippen LogP contribution in [-0.4, -0.2) is 19.1 Å². The molecule has 2 N–H and O–H groups in total. The fourth-order valence-electron chi connectivity index (χ4n) is 1.56. The molecule has 0 aliphatic rings. The molecular formula is C11H17ClN2O4. The van der Waals surface area contributed by atoms with E-state index < -0.39 is 11.0 Å². The lowest BCUT2D eigenvalue weighted by atomic mass is 10.0. The molecule has 1 rings (SSSR count). The molecule has 0 saturated carbocycles. The van der Waals surface area contributed by atoms with Gasteiger partial charge in [0.05, 0.1) is 30.8 Å². The van der Waals surface area contributed by atoms with Gasteiger partial charge in [0.2, 0.25) is 0 Å². The van der Waals surface area contributed by atoms with Gasteiger partial charge in [-0.2, -0.15) is 0 Å². The van der Waals surface area contributed by atoms with Gasteiger partial charge in [0.15, 0.2) is 11.5 Å². The van der Waals surface area contributed by atoms with E-state index >= 15 is 0 Å². The molecule has 0 bridgehead atoms. The van der Waals surface area contributed by atoms with Crippen LogP contribution in [0.1, 0.15) is 24.9 Å². The second kappa shape index (κ2) is 7.03. The Labute approximate surface area is 112 Å². The Balaban J connectivity index is 0.00000289. The Bertz CT molecular complexity index is 426. The Morgan fingerprint density at radius 1 is 1.33 bits per heavy atom. The fourth-order valence-corrected chi connectivity index (χ4v) is 1.56. The van der Waals surface area contributed by atoms with E-state index in [9.17, 15) is 10.1 Å². The highest BCUT2D eigenvalue weighted by Gasteiger charge is 2.22. The van der Waals surface area contributed by atoms with Crippen molar-refractivity contribution in [3.8, 4) is 11.5 Å². The molecule has 18 heavy (non-hydrogen) atoms. The Hall–Kier alpha value is -1.53. The first-order valence-electron chi connectivity index (χ1n) is 5.21. The van der Waals surface area contributed by atoms with E-state index in [0.717, 1.165) is 0 Å². The van der Waals surface area contributed by atoms with Crippen LogP contribution in [0.3, 0.4) is 0 Å². The van der Waals surface area contributed by atoms with Crippen molar-refractivity contribution >= 4 is 18.1 Å². The lowest BCUT2D eigenvalue weighted by Gasteiger charge is -2.13. The standard InChI is InChI=1S/C11H16N2O4.ClH/c1-4-8(12)7-5-10(16-2)11(17-3)6-9(7)13(14)15;/h5-6,8H,4,12H2,1-3H3;1H/t8-;/m1./s1. The summed E-state index contributed by atoms with van der Waals surface area (Å²) in [6.07, 6.45) is 0.607. The zero-order valence-electron chi connectivity index (χ0n) is 10.5. The van der Waals surface area contributed by atoms with Crippen molar-refractivity contribution in [1.29, 1.82) is 0 Å². The van der Waals surface area contributed by atoms with E-state index in [-0.39, 0.29) is 18.1 Å². The topological polar surface area (TPSA) is 87.6 Å². The van der Waals surface area contributed by atoms with Crippen molar-refractivity contribution < 1.29 is 14.4 Å². The number of hydrogen-bond donors (Lipinski definition) is 1. The zero-order valence-corrected chi connectivity index (χ0v) is 11.3. The molecule has 6 nitrogen and oxygen atoms in total. The highest BCUT2D eigenvalue weighted by Crippen LogP contribution is 2.37. The summed E-state index contributed by atoms with van der Waals surface area (Å²) < 4.78 is 10.1. The second-order valence-corrected chi connectivity index (χ2v) is 3.54. The van der Waals surface area contributed by atoms with Gasteiger partial charge in [-0.1, -0.05) is 6.92 Å². The monoisotopic (exact) mass is 276 g/mol. The summed E-state index contributed by atoms with van der Waals surface area (Å²) in [5.74, 6) is 0.767. The first-order chi connectivity index (χ1) is 8.04. The maximum absolute atomic E-state index is 11.0. The number of benzene rings is 1. The first-order valence-corrected chi connectivity index (χ1v) is 5.21. The van der Waals surface area contributed by atoms with Gasteiger partial charge < -0.3 is 15.2 Å². The molecule has 0 aromatic heterocycles. The number of nitrogens with two attached hydrogens (primary N) is 1. The predicted octanol–water partition coefficient (Wildman–Crippen LogP) is 2.44. The van der Waals surface area contributed by atoms with Gasteiger partial charge in [-0.15, -0.1) is 12.4 Å².